The van der Waals surface area contributed by atoms with E-state index in [1.54, 1.807) is 12.5 Å². The zero-order valence-corrected chi connectivity index (χ0v) is 57.3. The average Bonchev–Trinajstić information content (AvgIpc) is 1.20. The van der Waals surface area contributed by atoms with Gasteiger partial charge in [0, 0.05) is 98.7 Å². The topological polar surface area (TPSA) is 113 Å². The maximum atomic E-state index is 4.84. The normalized spacial score (nSPS) is 21.2. The van der Waals surface area contributed by atoms with E-state index in [-0.39, 0.29) is 0 Å². The van der Waals surface area contributed by atoms with E-state index in [1.165, 1.54) is 111 Å². The quantitative estimate of drug-likeness (QED) is 0.104. The lowest BCUT2D eigenvalue weighted by Gasteiger charge is -2.27. The zero-order chi connectivity index (χ0) is 67.7. The van der Waals surface area contributed by atoms with Gasteiger partial charge in [-0.25, -0.2) is 9.97 Å². The van der Waals surface area contributed by atoms with Crippen LogP contribution < -0.4 is 14.7 Å². The molecule has 9 unspecified atom stereocenters. The Labute approximate surface area is 597 Å². The molecule has 6 fully saturated rings. The van der Waals surface area contributed by atoms with Crippen LogP contribution in [0.1, 0.15) is 111 Å². The lowest BCUT2D eigenvalue weighted by Crippen LogP contribution is -2.13. The first-order valence-corrected chi connectivity index (χ1v) is 36.9. The molecule has 0 radical (unpaired) electrons. The molecule has 102 heavy (non-hydrogen) atoms. The van der Waals surface area contributed by atoms with Crippen molar-refractivity contribution in [3.63, 3.8) is 0 Å². The summed E-state index contributed by atoms with van der Waals surface area (Å²) in [6.07, 6.45) is 31.5. The minimum atomic E-state index is 0.737. The molecular weight excluding hydrogens is 1250 g/mol. The molecule has 0 amide bonds. The summed E-state index contributed by atoms with van der Waals surface area (Å²) in [6, 6.07) is 86.7. The smallest absolute Gasteiger partial charge is 0.160 e. The second-order valence-corrected chi connectivity index (χ2v) is 29.3. The number of aromatic nitrogens is 8. The highest BCUT2D eigenvalue weighted by Gasteiger charge is 2.42. The van der Waals surface area contributed by atoms with Crippen LogP contribution in [0.5, 0.6) is 0 Å². The third-order valence-corrected chi connectivity index (χ3v) is 23.4. The maximum Gasteiger partial charge on any atom is 0.160 e. The van der Waals surface area contributed by atoms with E-state index in [2.05, 4.69) is 244 Å². The highest BCUT2D eigenvalue weighted by molar-refractivity contribution is 5.91. The van der Waals surface area contributed by atoms with Gasteiger partial charge in [-0.15, -0.1) is 5.10 Å². The van der Waals surface area contributed by atoms with Crippen LogP contribution in [0, 0.1) is 35.5 Å². The lowest BCUT2D eigenvalue weighted by molar-refractivity contribution is 0.420. The summed E-state index contributed by atoms with van der Waals surface area (Å²) in [4.78, 5) is 33.4. The molecule has 9 atom stereocenters. The Morgan fingerprint density at radius 2 is 0.775 bits per heavy atom. The third kappa shape index (κ3) is 12.9. The minimum Gasteiger partial charge on any atom is -0.310 e. The molecule has 0 saturated heterocycles. The summed E-state index contributed by atoms with van der Waals surface area (Å²) in [6.45, 7) is 0. The first-order chi connectivity index (χ1) is 50.5. The van der Waals surface area contributed by atoms with Crippen LogP contribution in [0.2, 0.25) is 0 Å². The van der Waals surface area contributed by atoms with Gasteiger partial charge in [-0.3, -0.25) is 24.8 Å². The molecule has 500 valence electrons. The molecule has 11 heteroatoms. The fourth-order valence-corrected chi connectivity index (χ4v) is 18.4. The van der Waals surface area contributed by atoms with E-state index >= 15 is 0 Å². The molecule has 6 heterocycles. The first-order valence-electron chi connectivity index (χ1n) is 36.9. The van der Waals surface area contributed by atoms with Gasteiger partial charge >= 0.3 is 0 Å². The number of benzene rings is 8. The molecular formula is C91H81N11. The summed E-state index contributed by atoms with van der Waals surface area (Å²) in [5, 5.41) is 11.8. The molecule has 20 rings (SSSR count). The van der Waals surface area contributed by atoms with E-state index in [4.69, 9.17) is 4.98 Å². The Hall–Kier alpha value is -11.3. The van der Waals surface area contributed by atoms with Crippen molar-refractivity contribution in [3.05, 3.63) is 309 Å². The van der Waals surface area contributed by atoms with Crippen LogP contribution in [0.4, 0.5) is 51.3 Å². The number of rotatable bonds is 14. The van der Waals surface area contributed by atoms with Crippen LogP contribution >= 0.6 is 0 Å². The van der Waals surface area contributed by atoms with Gasteiger partial charge in [0.25, 0.3) is 0 Å². The Bertz CT molecular complexity index is 5040. The average molecular weight is 1330 g/mol. The number of fused-ring (bicyclic) bond motifs is 9. The molecule has 6 bridgehead atoms. The second-order valence-electron chi connectivity index (χ2n) is 29.3. The van der Waals surface area contributed by atoms with E-state index in [0.717, 1.165) is 143 Å². The molecule has 14 aromatic rings. The molecule has 0 aliphatic heterocycles. The first kappa shape index (κ1) is 62.9. The van der Waals surface area contributed by atoms with Gasteiger partial charge in [0.15, 0.2) is 5.82 Å². The van der Waals surface area contributed by atoms with Crippen molar-refractivity contribution >= 4 is 84.0 Å². The molecule has 0 spiro atoms. The monoisotopic (exact) mass is 1330 g/mol. The Morgan fingerprint density at radius 1 is 0.284 bits per heavy atom. The van der Waals surface area contributed by atoms with Gasteiger partial charge in [0.2, 0.25) is 0 Å². The number of hydrogen-bond acceptors (Lipinski definition) is 11. The lowest BCUT2D eigenvalue weighted by atomic mass is 9.83. The molecule has 6 aliphatic rings. The van der Waals surface area contributed by atoms with Crippen molar-refractivity contribution in [1.82, 2.24) is 40.1 Å². The Morgan fingerprint density at radius 3 is 1.33 bits per heavy atom. The standard InChI is InChI=1S/C35H31N3.C31H27N3.C25H23N5/c1-2-4-29(5-3-1)35-17-16-33(24-37-35)38(31-12-8-26(9-13-31)27-18-20-36-21-19-27)32-14-10-28(11-15-32)34-23-25-6-7-30(34)22-25;1-3-23-9-12-28(20-31(23)33-16-1)34(27-13-14-30-25(19-27)4-2-15-32-30)26-10-7-22(8-11-26)29-18-21-5-6-24(29)17-21;1-2-25(29-28-11-1)30(22-9-10-24-20(14-22)15-26-16-27-24)21-7-5-18(6-8-21)23-13-17-3-4-19(23)12-17/h1-5,8-21,24-25,30,34H,6-7,22-23H2;1-4,7-16,19-21,24,29H,5-6,17-18H2;1-2,5-11,14-17,19,23H,3-4,12-13H2. The fourth-order valence-electron chi connectivity index (χ4n) is 18.4. The van der Waals surface area contributed by atoms with E-state index in [0.29, 0.717) is 0 Å². The van der Waals surface area contributed by atoms with Crippen molar-refractivity contribution in [1.29, 1.82) is 0 Å². The van der Waals surface area contributed by atoms with E-state index < -0.39 is 0 Å². The maximum absolute atomic E-state index is 4.84. The summed E-state index contributed by atoms with van der Waals surface area (Å²) >= 11 is 0. The van der Waals surface area contributed by atoms with Crippen molar-refractivity contribution in [2.45, 2.75) is 94.8 Å². The van der Waals surface area contributed by atoms with Gasteiger partial charge in [0.1, 0.15) is 6.33 Å². The highest BCUT2D eigenvalue weighted by Crippen LogP contribution is 2.56. The van der Waals surface area contributed by atoms with Gasteiger partial charge in [-0.2, -0.15) is 5.10 Å². The fraction of sp³-hybridized carbons (Fsp3) is 0.231. The van der Waals surface area contributed by atoms with Crippen LogP contribution in [-0.4, -0.2) is 40.1 Å². The van der Waals surface area contributed by atoms with Crippen molar-refractivity contribution in [2.24, 2.45) is 35.5 Å². The summed E-state index contributed by atoms with van der Waals surface area (Å²) in [5.74, 6) is 8.55. The number of nitrogens with zero attached hydrogens (tertiary/aromatic N) is 11. The summed E-state index contributed by atoms with van der Waals surface area (Å²) in [5.41, 5.74) is 20.7. The molecule has 0 N–H and O–H groups in total. The van der Waals surface area contributed by atoms with Crippen molar-refractivity contribution in [3.8, 4) is 22.4 Å². The predicted octanol–water partition coefficient (Wildman–Crippen LogP) is 23.1. The van der Waals surface area contributed by atoms with Crippen LogP contribution in [0.3, 0.4) is 0 Å². The number of anilines is 9. The van der Waals surface area contributed by atoms with Crippen LogP contribution in [0.15, 0.2) is 292 Å². The van der Waals surface area contributed by atoms with Crippen LogP contribution in [-0.2, 0) is 0 Å². The third-order valence-electron chi connectivity index (χ3n) is 23.4. The number of pyridine rings is 4. The van der Waals surface area contributed by atoms with Crippen molar-refractivity contribution in [2.75, 3.05) is 14.7 Å². The minimum absolute atomic E-state index is 0.737. The predicted molar refractivity (Wildman–Crippen MR) is 414 cm³/mol. The molecule has 8 aromatic carbocycles. The molecule has 6 aromatic heterocycles. The second kappa shape index (κ2) is 28.0. The largest absolute Gasteiger partial charge is 0.310 e. The van der Waals surface area contributed by atoms with Gasteiger partial charge in [-0.1, -0.05) is 116 Å². The highest BCUT2D eigenvalue weighted by atomic mass is 15.3. The van der Waals surface area contributed by atoms with E-state index in [9.17, 15) is 0 Å². The molecule has 11 nitrogen and oxygen atoms in total. The van der Waals surface area contributed by atoms with Gasteiger partial charge in [-0.05, 0) is 284 Å². The van der Waals surface area contributed by atoms with Crippen LogP contribution in [0.25, 0.3) is 55.1 Å². The van der Waals surface area contributed by atoms with Gasteiger partial charge < -0.3 is 9.80 Å². The SMILES string of the molecule is c1ccc(-c2ccc(N(c3ccc(-c4ccncc4)cc3)c3ccc(C4CC5CCC4C5)cc3)cn2)cc1.c1cnc2ccc(N(c3ccc(C4CC5CCC4C5)cc3)c3ccc4cccnc4c3)cc2c1.c1cnnc(N(c2ccc(C3CC4CCC3C4)cc2)c2ccc3ncncc3c2)c1. The summed E-state index contributed by atoms with van der Waals surface area (Å²) in [7, 11) is 0. The zero-order valence-electron chi connectivity index (χ0n) is 57.3. The van der Waals surface area contributed by atoms with E-state index in [1.807, 2.05) is 85.7 Å². The van der Waals surface area contributed by atoms with Crippen molar-refractivity contribution < 1.29 is 0 Å². The van der Waals surface area contributed by atoms with Gasteiger partial charge in [0.05, 0.1) is 34.1 Å². The molecule has 6 aliphatic carbocycles. The Kier molecular flexibility index (Phi) is 17.3. The molecule has 6 saturated carbocycles. The Balaban J connectivity index is 0.000000110. The summed E-state index contributed by atoms with van der Waals surface area (Å²) < 4.78 is 0. The number of hydrogen-bond donors (Lipinski definition) is 0.